The Bertz CT molecular complexity index is 1650. The number of nitrogens with one attached hydrogen (secondary N) is 2. The third-order valence-corrected chi connectivity index (χ3v) is 12.3. The van der Waals surface area contributed by atoms with Gasteiger partial charge in [0.2, 0.25) is 0 Å². The molecule has 5 unspecified atom stereocenters. The fraction of sp³-hybridized carbons (Fsp3) is 0.667. The van der Waals surface area contributed by atoms with Crippen LogP contribution in [0.3, 0.4) is 0 Å². The average molecular weight is 806 g/mol. The van der Waals surface area contributed by atoms with Crippen LogP contribution in [0.15, 0.2) is 29.4 Å². The van der Waals surface area contributed by atoms with E-state index in [9.17, 15) is 40.0 Å². The first-order valence-electron chi connectivity index (χ1n) is 19.5. The van der Waals surface area contributed by atoms with Gasteiger partial charge in [-0.3, -0.25) is 9.59 Å². The number of carbonyl (C=O) groups excluding carboxylic acids is 2. The van der Waals surface area contributed by atoms with Crippen LogP contribution in [-0.4, -0.2) is 86.6 Å². The number of aromatic hydroxyl groups is 5. The summed E-state index contributed by atoms with van der Waals surface area (Å²) >= 11 is 0. The lowest BCUT2D eigenvalue weighted by Gasteiger charge is -2.50. The van der Waals surface area contributed by atoms with Gasteiger partial charge in [-0.25, -0.2) is 9.78 Å². The van der Waals surface area contributed by atoms with E-state index in [2.05, 4.69) is 64.3 Å². The second-order valence-electron chi connectivity index (χ2n) is 17.6. The van der Waals surface area contributed by atoms with Crippen molar-refractivity contribution < 1.29 is 54.4 Å². The molecule has 0 fully saturated rings. The Morgan fingerprint density at radius 1 is 0.719 bits per heavy atom. The molecule has 2 rings (SSSR count). The number of carbonyl (C=O) groups is 2. The monoisotopic (exact) mass is 805 g/mol. The van der Waals surface area contributed by atoms with Gasteiger partial charge in [-0.05, 0) is 102 Å². The zero-order valence-corrected chi connectivity index (χ0v) is 36.0. The molecule has 322 valence electrons. The van der Waals surface area contributed by atoms with Crippen molar-refractivity contribution in [2.24, 2.45) is 27.8 Å². The molecule has 0 saturated carbocycles. The molecule has 0 spiro atoms. The summed E-state index contributed by atoms with van der Waals surface area (Å²) in [6.45, 7) is 27.3. The van der Waals surface area contributed by atoms with Crippen LogP contribution in [0.1, 0.15) is 130 Å². The molecule has 0 radical (unpaired) electrons. The smallest absolute Gasteiger partial charge is 0.251 e. The summed E-state index contributed by atoms with van der Waals surface area (Å²) in [7, 11) is 0. The molecule has 15 heteroatoms. The van der Waals surface area contributed by atoms with Crippen molar-refractivity contribution in [1.29, 1.82) is 0 Å². The van der Waals surface area contributed by atoms with Crippen molar-refractivity contribution >= 4 is 17.5 Å². The van der Waals surface area contributed by atoms with Crippen LogP contribution in [-0.2, 0) is 19.2 Å². The van der Waals surface area contributed by atoms with Crippen LogP contribution in [0.5, 0.6) is 28.7 Å². The first-order valence-corrected chi connectivity index (χ1v) is 19.5. The molecular weight excluding hydrogens is 738 g/mol. The minimum atomic E-state index is -0.782. The molecule has 5 atom stereocenters. The lowest BCUT2D eigenvalue weighted by atomic mass is 9.63. The van der Waals surface area contributed by atoms with Crippen molar-refractivity contribution in [1.82, 2.24) is 10.6 Å². The molecular formula is C42H67N3O12. The molecule has 0 aliphatic heterocycles. The quantitative estimate of drug-likeness (QED) is 0.0187. The Hall–Kier alpha value is -4.18. The Labute approximate surface area is 337 Å². The van der Waals surface area contributed by atoms with Crippen molar-refractivity contribution in [3.05, 3.63) is 40.3 Å². The van der Waals surface area contributed by atoms with Crippen molar-refractivity contribution in [2.45, 2.75) is 132 Å². The van der Waals surface area contributed by atoms with Crippen LogP contribution in [0.4, 0.5) is 5.69 Å². The number of benzene rings is 2. The van der Waals surface area contributed by atoms with Gasteiger partial charge < -0.3 is 45.6 Å². The lowest BCUT2D eigenvalue weighted by Crippen LogP contribution is -2.53. The van der Waals surface area contributed by atoms with Crippen molar-refractivity contribution in [2.75, 3.05) is 26.4 Å². The molecule has 15 nitrogen and oxygen atoms in total. The first kappa shape index (κ1) is 49.0. The summed E-state index contributed by atoms with van der Waals surface area (Å²) in [5.41, 5.74) is -3.20. The van der Waals surface area contributed by atoms with Gasteiger partial charge in [-0.1, -0.05) is 48.5 Å². The minimum absolute atomic E-state index is 0.000828. The maximum Gasteiger partial charge on any atom is 0.251 e. The summed E-state index contributed by atoms with van der Waals surface area (Å²) in [6, 6.07) is 3.86. The fourth-order valence-corrected chi connectivity index (χ4v) is 6.25. The third-order valence-electron chi connectivity index (χ3n) is 12.3. The van der Waals surface area contributed by atoms with Crippen molar-refractivity contribution in [3.63, 3.8) is 0 Å². The molecule has 0 aromatic heterocycles. The third kappa shape index (κ3) is 12.4. The fourth-order valence-electron chi connectivity index (χ4n) is 6.25. The number of amides is 2. The van der Waals surface area contributed by atoms with Gasteiger partial charge >= 0.3 is 0 Å². The predicted molar refractivity (Wildman–Crippen MR) is 217 cm³/mol. The number of phenols is 5. The van der Waals surface area contributed by atoms with Gasteiger partial charge in [0.25, 0.3) is 11.8 Å². The van der Waals surface area contributed by atoms with Gasteiger partial charge in [0.05, 0.1) is 37.1 Å². The number of ether oxygens (including phenoxy) is 2. The summed E-state index contributed by atoms with van der Waals surface area (Å²) in [6.07, 6.45) is 2.27. The Balaban J connectivity index is 1.92. The highest BCUT2D eigenvalue weighted by Crippen LogP contribution is 2.47. The Kier molecular flexibility index (Phi) is 16.8. The van der Waals surface area contributed by atoms with Crippen molar-refractivity contribution in [3.8, 4) is 28.7 Å². The zero-order valence-electron chi connectivity index (χ0n) is 36.0. The Morgan fingerprint density at radius 3 is 1.75 bits per heavy atom. The highest BCUT2D eigenvalue weighted by atomic mass is 17.2. The number of hydrogen-bond acceptors (Lipinski definition) is 13. The molecule has 57 heavy (non-hydrogen) atoms. The summed E-state index contributed by atoms with van der Waals surface area (Å²) in [4.78, 5) is 47.8. The van der Waals surface area contributed by atoms with E-state index in [1.165, 1.54) is 0 Å². The van der Waals surface area contributed by atoms with E-state index in [1.807, 2.05) is 41.5 Å². The van der Waals surface area contributed by atoms with E-state index in [-0.39, 0.29) is 40.4 Å². The highest BCUT2D eigenvalue weighted by molar-refractivity contribution is 5.96. The molecule has 2 aromatic carbocycles. The van der Waals surface area contributed by atoms with Crippen LogP contribution in [0.2, 0.25) is 0 Å². The van der Waals surface area contributed by atoms with Gasteiger partial charge in [-0.2, -0.15) is 0 Å². The normalized spacial score (nSPS) is 16.2. The molecule has 2 aromatic rings. The zero-order chi connectivity index (χ0) is 43.7. The standard InChI is InChI=1S/C42H67N3O12/c1-14-41(12,26(4)22-55-40(10,11)27(5)43-36(51)28-20-32(48)35(50)33(49)21-28)42(13,15-2)54-17-16-38(6,7)24-57-56-23-25(3)39(8,9)44-37(52)29-18-30(46)34(45-53)31(47)19-29/h18-21,25-27,46-50H,14-17,22-24H2,1-13H3,(H,43,51)(H,44,52). The van der Waals surface area contributed by atoms with Crippen LogP contribution >= 0.6 is 0 Å². The predicted octanol–water partition coefficient (Wildman–Crippen LogP) is 7.97. The van der Waals surface area contributed by atoms with Crippen LogP contribution in [0, 0.1) is 27.6 Å². The highest BCUT2D eigenvalue weighted by Gasteiger charge is 2.47. The largest absolute Gasteiger partial charge is 0.505 e. The average Bonchev–Trinajstić information content (AvgIpc) is 3.13. The second-order valence-corrected chi connectivity index (χ2v) is 17.6. The van der Waals surface area contributed by atoms with Crippen LogP contribution in [0.25, 0.3) is 0 Å². The summed E-state index contributed by atoms with van der Waals surface area (Å²) < 4.78 is 13.2. The number of hydrogen-bond donors (Lipinski definition) is 7. The maximum absolute atomic E-state index is 12.9. The maximum atomic E-state index is 12.9. The second kappa shape index (κ2) is 19.5. The van der Waals surface area contributed by atoms with Gasteiger partial charge in [0.1, 0.15) is 11.5 Å². The van der Waals surface area contributed by atoms with E-state index in [0.717, 1.165) is 37.1 Å². The summed E-state index contributed by atoms with van der Waals surface area (Å²) in [5.74, 6) is -4.32. The molecule has 0 aliphatic carbocycles. The van der Waals surface area contributed by atoms with E-state index in [4.69, 9.17) is 19.2 Å². The molecule has 7 N–H and O–H groups in total. The van der Waals surface area contributed by atoms with Gasteiger partial charge in [0.15, 0.2) is 22.9 Å². The number of nitrogens with zero attached hydrogens (tertiary/aromatic N) is 1. The number of phenolic OH excluding ortho intramolecular Hbond substituents is 5. The van der Waals surface area contributed by atoms with Gasteiger partial charge in [-0.15, -0.1) is 4.91 Å². The van der Waals surface area contributed by atoms with Crippen LogP contribution < -0.4 is 10.6 Å². The van der Waals surface area contributed by atoms with Gasteiger partial charge in [0, 0.05) is 34.6 Å². The molecule has 2 amide bonds. The van der Waals surface area contributed by atoms with E-state index in [1.54, 1.807) is 0 Å². The minimum Gasteiger partial charge on any atom is -0.505 e. The SMILES string of the molecule is CCC(C)(OCCC(C)(C)COOCC(C)C(C)(C)NC(=O)c1cc(O)c(N=O)c(O)c1)C(C)(CC)C(C)COC(C)(C)C(C)NC(=O)c1cc(O)c(O)c(O)c1. The topological polar surface area (TPSA) is 226 Å². The first-order chi connectivity index (χ1) is 26.2. The molecule has 0 heterocycles. The lowest BCUT2D eigenvalue weighted by molar-refractivity contribution is -0.316. The number of nitroso groups, excluding NO2 is 1. The number of rotatable bonds is 23. The molecule has 0 saturated heterocycles. The van der Waals surface area contributed by atoms with E-state index >= 15 is 0 Å². The molecule has 0 aliphatic rings. The molecule has 0 bridgehead atoms. The Morgan fingerprint density at radius 2 is 1.25 bits per heavy atom. The van der Waals surface area contributed by atoms with E-state index < -0.39 is 69.0 Å². The summed E-state index contributed by atoms with van der Waals surface area (Å²) in [5, 5.41) is 57.5. The van der Waals surface area contributed by atoms with E-state index in [0.29, 0.717) is 26.2 Å².